The van der Waals surface area contributed by atoms with Crippen LogP contribution in [0.25, 0.3) is 0 Å². The molecule has 0 aromatic heterocycles. The number of rotatable bonds is 7. The second-order valence-corrected chi connectivity index (χ2v) is 4.01. The molecule has 0 heterocycles. The molecule has 0 radical (unpaired) electrons. The molecule has 1 aromatic carbocycles. The van der Waals surface area contributed by atoms with Crippen molar-refractivity contribution in [1.82, 2.24) is 5.32 Å². The fourth-order valence-electron chi connectivity index (χ4n) is 1.35. The lowest BCUT2D eigenvalue weighted by atomic mass is 10.3. The van der Waals surface area contributed by atoms with E-state index < -0.39 is 6.61 Å². The molecule has 0 aliphatic rings. The topological polar surface area (TPSA) is 42.5 Å². The van der Waals surface area contributed by atoms with Gasteiger partial charge < -0.3 is 20.1 Å². The van der Waals surface area contributed by atoms with Gasteiger partial charge in [0.15, 0.2) is 5.11 Å². The Balaban J connectivity index is 2.49. The molecular formula is C12H16F2N2O2S. The number of nitrogens with one attached hydrogen (secondary N) is 2. The third-order valence-corrected chi connectivity index (χ3v) is 2.41. The van der Waals surface area contributed by atoms with Gasteiger partial charge in [-0.1, -0.05) is 12.1 Å². The third-order valence-electron chi connectivity index (χ3n) is 2.16. The van der Waals surface area contributed by atoms with Crippen LogP contribution in [0.5, 0.6) is 5.75 Å². The average molecular weight is 290 g/mol. The van der Waals surface area contributed by atoms with Crippen LogP contribution in [0.4, 0.5) is 14.5 Å². The van der Waals surface area contributed by atoms with Crippen molar-refractivity contribution in [3.05, 3.63) is 24.3 Å². The lowest BCUT2D eigenvalue weighted by Crippen LogP contribution is -2.30. The largest absolute Gasteiger partial charge is 0.433 e. The molecule has 0 aliphatic heterocycles. The first-order valence-corrected chi connectivity index (χ1v) is 6.12. The fourth-order valence-corrected chi connectivity index (χ4v) is 1.57. The molecule has 7 heteroatoms. The molecule has 0 unspecified atom stereocenters. The van der Waals surface area contributed by atoms with Gasteiger partial charge in [-0.15, -0.1) is 0 Å². The van der Waals surface area contributed by atoms with Gasteiger partial charge in [-0.2, -0.15) is 8.78 Å². The summed E-state index contributed by atoms with van der Waals surface area (Å²) >= 11 is 5.05. The smallest absolute Gasteiger partial charge is 0.387 e. The van der Waals surface area contributed by atoms with E-state index in [0.29, 0.717) is 24.0 Å². The van der Waals surface area contributed by atoms with Crippen LogP contribution >= 0.6 is 12.2 Å². The van der Waals surface area contributed by atoms with Crippen LogP contribution in [0.1, 0.15) is 6.42 Å². The van der Waals surface area contributed by atoms with E-state index in [1.54, 1.807) is 25.3 Å². The highest BCUT2D eigenvalue weighted by atomic mass is 32.1. The number of thiocarbonyl (C=S) groups is 1. The zero-order chi connectivity index (χ0) is 14.1. The van der Waals surface area contributed by atoms with E-state index in [2.05, 4.69) is 15.4 Å². The highest BCUT2D eigenvalue weighted by Crippen LogP contribution is 2.25. The molecule has 19 heavy (non-hydrogen) atoms. The van der Waals surface area contributed by atoms with E-state index in [1.165, 1.54) is 6.07 Å². The Bertz CT molecular complexity index is 405. The fraction of sp³-hybridized carbons (Fsp3) is 0.417. The summed E-state index contributed by atoms with van der Waals surface area (Å²) in [7, 11) is 1.62. The Labute approximate surface area is 116 Å². The molecule has 0 saturated carbocycles. The predicted octanol–water partition coefficient (Wildman–Crippen LogP) is 2.61. The van der Waals surface area contributed by atoms with Crippen LogP contribution in [-0.2, 0) is 4.74 Å². The molecule has 2 N–H and O–H groups in total. The number of ether oxygens (including phenoxy) is 2. The highest BCUT2D eigenvalue weighted by molar-refractivity contribution is 7.80. The Morgan fingerprint density at radius 3 is 2.79 bits per heavy atom. The monoisotopic (exact) mass is 290 g/mol. The number of benzene rings is 1. The van der Waals surface area contributed by atoms with Gasteiger partial charge in [0.25, 0.3) is 0 Å². The molecule has 0 atom stereocenters. The quantitative estimate of drug-likeness (QED) is 0.597. The van der Waals surface area contributed by atoms with Gasteiger partial charge in [-0.05, 0) is 30.8 Å². The maximum absolute atomic E-state index is 12.2. The number of anilines is 1. The van der Waals surface area contributed by atoms with E-state index in [-0.39, 0.29) is 5.75 Å². The van der Waals surface area contributed by atoms with Gasteiger partial charge in [0.2, 0.25) is 0 Å². The predicted molar refractivity (Wildman–Crippen MR) is 73.8 cm³/mol. The summed E-state index contributed by atoms with van der Waals surface area (Å²) in [4.78, 5) is 0. The van der Waals surface area contributed by atoms with E-state index >= 15 is 0 Å². The van der Waals surface area contributed by atoms with Gasteiger partial charge in [0, 0.05) is 20.3 Å². The summed E-state index contributed by atoms with van der Waals surface area (Å²) in [6.45, 7) is -1.61. The number of methoxy groups -OCH3 is 1. The van der Waals surface area contributed by atoms with Crippen molar-refractivity contribution >= 4 is 23.0 Å². The third kappa shape index (κ3) is 6.30. The lowest BCUT2D eigenvalue weighted by Gasteiger charge is -2.14. The minimum atomic E-state index is -2.87. The van der Waals surface area contributed by atoms with Crippen molar-refractivity contribution in [3.63, 3.8) is 0 Å². The lowest BCUT2D eigenvalue weighted by molar-refractivity contribution is -0.0493. The van der Waals surface area contributed by atoms with Crippen LogP contribution < -0.4 is 15.4 Å². The van der Waals surface area contributed by atoms with Crippen molar-refractivity contribution < 1.29 is 18.3 Å². The van der Waals surface area contributed by atoms with Crippen LogP contribution in [0.15, 0.2) is 24.3 Å². The van der Waals surface area contributed by atoms with E-state index in [4.69, 9.17) is 17.0 Å². The molecule has 0 saturated heterocycles. The summed E-state index contributed by atoms with van der Waals surface area (Å²) in [5.41, 5.74) is 0.395. The van der Waals surface area contributed by atoms with Crippen LogP contribution in [0, 0.1) is 0 Å². The first kappa shape index (κ1) is 15.6. The molecule has 0 fully saturated rings. The molecule has 4 nitrogen and oxygen atoms in total. The van der Waals surface area contributed by atoms with Crippen LogP contribution in [0.3, 0.4) is 0 Å². The summed E-state index contributed by atoms with van der Waals surface area (Å²) in [6.07, 6.45) is 0.799. The molecular weight excluding hydrogens is 274 g/mol. The van der Waals surface area contributed by atoms with Gasteiger partial charge >= 0.3 is 6.61 Å². The number of alkyl halides is 2. The maximum atomic E-state index is 12.2. The Kier molecular flexibility index (Phi) is 7.06. The highest BCUT2D eigenvalue weighted by Gasteiger charge is 2.09. The summed E-state index contributed by atoms with van der Waals surface area (Å²) < 4.78 is 33.7. The molecule has 0 bridgehead atoms. The molecule has 1 aromatic rings. The Morgan fingerprint density at radius 1 is 1.37 bits per heavy atom. The second kappa shape index (κ2) is 8.60. The second-order valence-electron chi connectivity index (χ2n) is 3.60. The maximum Gasteiger partial charge on any atom is 0.387 e. The van der Waals surface area contributed by atoms with E-state index in [1.807, 2.05) is 0 Å². The van der Waals surface area contributed by atoms with Crippen LogP contribution in [-0.4, -0.2) is 32.0 Å². The number of halogens is 2. The van der Waals surface area contributed by atoms with Gasteiger partial charge in [-0.25, -0.2) is 0 Å². The van der Waals surface area contributed by atoms with E-state index in [9.17, 15) is 8.78 Å². The van der Waals surface area contributed by atoms with Crippen LogP contribution in [0.2, 0.25) is 0 Å². The number of hydrogen-bond acceptors (Lipinski definition) is 3. The van der Waals surface area contributed by atoms with Crippen molar-refractivity contribution in [2.45, 2.75) is 13.0 Å². The van der Waals surface area contributed by atoms with Crippen molar-refractivity contribution in [2.75, 3.05) is 25.6 Å². The van der Waals surface area contributed by atoms with Crippen molar-refractivity contribution in [2.24, 2.45) is 0 Å². The first-order valence-electron chi connectivity index (χ1n) is 5.71. The molecule has 0 amide bonds. The van der Waals surface area contributed by atoms with Crippen molar-refractivity contribution in [1.29, 1.82) is 0 Å². The first-order chi connectivity index (χ1) is 9.13. The molecule has 0 aliphatic carbocycles. The Hall–Kier alpha value is -1.47. The summed E-state index contributed by atoms with van der Waals surface area (Å²) in [5, 5.41) is 6.11. The minimum absolute atomic E-state index is 0.0542. The average Bonchev–Trinajstić information content (AvgIpc) is 2.36. The molecule has 0 spiro atoms. The van der Waals surface area contributed by atoms with Crippen molar-refractivity contribution in [3.8, 4) is 5.75 Å². The number of para-hydroxylation sites is 2. The molecule has 106 valence electrons. The van der Waals surface area contributed by atoms with Gasteiger partial charge in [0.05, 0.1) is 5.69 Å². The molecule has 1 rings (SSSR count). The van der Waals surface area contributed by atoms with E-state index in [0.717, 1.165) is 6.42 Å². The Morgan fingerprint density at radius 2 is 2.11 bits per heavy atom. The standard InChI is InChI=1S/C12H16F2N2O2S/c1-17-8-4-7-15-12(19)16-9-5-2-3-6-10(9)18-11(13)14/h2-3,5-6,11H,4,7-8H2,1H3,(H2,15,16,19). The SMILES string of the molecule is COCCCNC(=S)Nc1ccccc1OC(F)F. The minimum Gasteiger partial charge on any atom is -0.433 e. The summed E-state index contributed by atoms with van der Waals surface area (Å²) in [6, 6.07) is 6.37. The zero-order valence-corrected chi connectivity index (χ0v) is 11.3. The summed E-state index contributed by atoms with van der Waals surface area (Å²) in [5.74, 6) is 0.0542. The number of hydrogen-bond donors (Lipinski definition) is 2. The van der Waals surface area contributed by atoms with Gasteiger partial charge in [0.1, 0.15) is 5.75 Å². The zero-order valence-electron chi connectivity index (χ0n) is 10.5. The normalized spacial score (nSPS) is 10.3. The van der Waals surface area contributed by atoms with Gasteiger partial charge in [-0.3, -0.25) is 0 Å².